The lowest BCUT2D eigenvalue weighted by Gasteiger charge is -2.11. The van der Waals surface area contributed by atoms with Gasteiger partial charge in [-0.25, -0.2) is 4.68 Å². The molecule has 0 atom stereocenters. The Labute approximate surface area is 166 Å². The highest BCUT2D eigenvalue weighted by Crippen LogP contribution is 2.22. The standard InChI is InChI=1S/C18H21ClN4O3S/c1-4-20-16(25)10-27-14-8-21-23(18(26)17(14)19)9-15(24)22-13-7-11(2)5-6-12(13)3/h5-8H,4,9-10H2,1-3H3,(H,20,25)(H,22,24). The van der Waals surface area contributed by atoms with Crippen LogP contribution in [0.2, 0.25) is 5.02 Å². The highest BCUT2D eigenvalue weighted by atomic mass is 35.5. The Kier molecular flexibility index (Phi) is 7.44. The summed E-state index contributed by atoms with van der Waals surface area (Å²) in [7, 11) is 0. The molecule has 0 radical (unpaired) electrons. The molecule has 9 heteroatoms. The second-order valence-corrected chi connectivity index (χ2v) is 7.29. The Hall–Kier alpha value is -2.32. The van der Waals surface area contributed by atoms with Crippen molar-refractivity contribution in [1.82, 2.24) is 15.1 Å². The SMILES string of the molecule is CCNC(=O)CSc1cnn(CC(=O)Nc2cc(C)ccc2C)c(=O)c1Cl. The smallest absolute Gasteiger partial charge is 0.287 e. The van der Waals surface area contributed by atoms with Crippen LogP contribution in [0.3, 0.4) is 0 Å². The molecule has 1 aromatic carbocycles. The lowest BCUT2D eigenvalue weighted by Crippen LogP contribution is -2.30. The molecule has 2 N–H and O–H groups in total. The summed E-state index contributed by atoms with van der Waals surface area (Å²) in [5, 5.41) is 9.37. The Morgan fingerprint density at radius 1 is 1.26 bits per heavy atom. The van der Waals surface area contributed by atoms with Gasteiger partial charge >= 0.3 is 0 Å². The Morgan fingerprint density at radius 3 is 2.70 bits per heavy atom. The molecule has 0 aliphatic rings. The molecule has 1 aromatic heterocycles. The molecule has 7 nitrogen and oxygen atoms in total. The molecule has 27 heavy (non-hydrogen) atoms. The largest absolute Gasteiger partial charge is 0.356 e. The summed E-state index contributed by atoms with van der Waals surface area (Å²) >= 11 is 7.21. The minimum absolute atomic E-state index is 0.0566. The molecule has 0 saturated heterocycles. The lowest BCUT2D eigenvalue weighted by atomic mass is 10.1. The van der Waals surface area contributed by atoms with Crippen LogP contribution in [0.15, 0.2) is 34.1 Å². The van der Waals surface area contributed by atoms with Crippen molar-refractivity contribution < 1.29 is 9.59 Å². The molecule has 2 aromatic rings. The van der Waals surface area contributed by atoms with Gasteiger partial charge in [-0.3, -0.25) is 14.4 Å². The molecule has 0 aliphatic carbocycles. The van der Waals surface area contributed by atoms with Crippen LogP contribution in [0.4, 0.5) is 5.69 Å². The first-order valence-corrected chi connectivity index (χ1v) is 9.70. The minimum Gasteiger partial charge on any atom is -0.356 e. The van der Waals surface area contributed by atoms with Gasteiger partial charge < -0.3 is 10.6 Å². The number of aryl methyl sites for hydroxylation is 2. The van der Waals surface area contributed by atoms with Crippen LogP contribution < -0.4 is 16.2 Å². The van der Waals surface area contributed by atoms with Crippen molar-refractivity contribution in [2.45, 2.75) is 32.2 Å². The fraction of sp³-hybridized carbons (Fsp3) is 0.333. The summed E-state index contributed by atoms with van der Waals surface area (Å²) in [5.41, 5.74) is 2.05. The lowest BCUT2D eigenvalue weighted by molar-refractivity contribution is -0.118. The molecule has 0 saturated carbocycles. The number of halogens is 1. The Balaban J connectivity index is 2.07. The summed E-state index contributed by atoms with van der Waals surface area (Å²) in [5.74, 6) is -0.404. The second-order valence-electron chi connectivity index (χ2n) is 5.89. The van der Waals surface area contributed by atoms with Crippen molar-refractivity contribution in [2.24, 2.45) is 0 Å². The number of carbonyl (C=O) groups is 2. The van der Waals surface area contributed by atoms with Crippen LogP contribution in [-0.2, 0) is 16.1 Å². The zero-order valence-electron chi connectivity index (χ0n) is 15.3. The average molecular weight is 409 g/mol. The van der Waals surface area contributed by atoms with E-state index in [-0.39, 0.29) is 29.1 Å². The van der Waals surface area contributed by atoms with E-state index in [0.717, 1.165) is 27.6 Å². The third-order valence-corrected chi connectivity index (χ3v) is 5.15. The van der Waals surface area contributed by atoms with Crippen LogP contribution in [0.25, 0.3) is 0 Å². The summed E-state index contributed by atoms with van der Waals surface area (Å²) in [6, 6.07) is 5.72. The maximum Gasteiger partial charge on any atom is 0.287 e. The molecule has 144 valence electrons. The van der Waals surface area contributed by atoms with E-state index < -0.39 is 5.56 Å². The molecule has 0 aliphatic heterocycles. The van der Waals surface area contributed by atoms with E-state index in [2.05, 4.69) is 15.7 Å². The third kappa shape index (κ3) is 5.83. The summed E-state index contributed by atoms with van der Waals surface area (Å²) in [4.78, 5) is 36.5. The number of carbonyl (C=O) groups excluding carboxylic acids is 2. The Bertz CT molecular complexity index is 914. The van der Waals surface area contributed by atoms with Gasteiger partial charge in [0.25, 0.3) is 5.56 Å². The number of amides is 2. The topological polar surface area (TPSA) is 93.1 Å². The zero-order chi connectivity index (χ0) is 20.0. The van der Waals surface area contributed by atoms with Gasteiger partial charge in [0.15, 0.2) is 0 Å². The normalized spacial score (nSPS) is 10.5. The van der Waals surface area contributed by atoms with Gasteiger partial charge in [0, 0.05) is 12.2 Å². The fourth-order valence-corrected chi connectivity index (χ4v) is 3.29. The number of rotatable bonds is 7. The summed E-state index contributed by atoms with van der Waals surface area (Å²) < 4.78 is 0.999. The van der Waals surface area contributed by atoms with Crippen molar-refractivity contribution in [3.05, 3.63) is 50.9 Å². The summed E-state index contributed by atoms with van der Waals surface area (Å²) in [6.07, 6.45) is 1.39. The maximum atomic E-state index is 12.3. The van der Waals surface area contributed by atoms with Crippen molar-refractivity contribution >= 4 is 40.9 Å². The predicted octanol–water partition coefficient (Wildman–Crippen LogP) is 2.38. The molecule has 0 spiro atoms. The van der Waals surface area contributed by atoms with E-state index in [4.69, 9.17) is 11.6 Å². The van der Waals surface area contributed by atoms with E-state index in [1.165, 1.54) is 6.20 Å². The average Bonchev–Trinajstić information content (AvgIpc) is 2.62. The number of nitrogens with zero attached hydrogens (tertiary/aromatic N) is 2. The summed E-state index contributed by atoms with van der Waals surface area (Å²) in [6.45, 7) is 5.91. The van der Waals surface area contributed by atoms with E-state index in [0.29, 0.717) is 17.1 Å². The molecule has 0 bridgehead atoms. The first-order chi connectivity index (χ1) is 12.8. The maximum absolute atomic E-state index is 12.3. The number of hydrogen-bond donors (Lipinski definition) is 2. The van der Waals surface area contributed by atoms with Crippen molar-refractivity contribution in [1.29, 1.82) is 0 Å². The quantitative estimate of drug-likeness (QED) is 0.686. The van der Waals surface area contributed by atoms with E-state index in [1.54, 1.807) is 0 Å². The van der Waals surface area contributed by atoms with Gasteiger partial charge in [-0.05, 0) is 38.0 Å². The molecule has 2 amide bonds. The first-order valence-electron chi connectivity index (χ1n) is 8.34. The molecular formula is C18H21ClN4O3S. The second kappa shape index (κ2) is 9.57. The van der Waals surface area contributed by atoms with Crippen molar-refractivity contribution in [3.63, 3.8) is 0 Å². The number of thioether (sulfide) groups is 1. The van der Waals surface area contributed by atoms with Crippen LogP contribution in [0.5, 0.6) is 0 Å². The monoisotopic (exact) mass is 408 g/mol. The van der Waals surface area contributed by atoms with Gasteiger partial charge in [0.2, 0.25) is 11.8 Å². The van der Waals surface area contributed by atoms with Crippen molar-refractivity contribution in [3.8, 4) is 0 Å². The van der Waals surface area contributed by atoms with Gasteiger partial charge in [0.1, 0.15) is 11.6 Å². The molecule has 0 unspecified atom stereocenters. The molecule has 0 fully saturated rings. The van der Waals surface area contributed by atoms with Gasteiger partial charge in [0.05, 0.1) is 16.8 Å². The molecular weight excluding hydrogens is 388 g/mol. The highest BCUT2D eigenvalue weighted by Gasteiger charge is 2.14. The van der Waals surface area contributed by atoms with E-state index >= 15 is 0 Å². The van der Waals surface area contributed by atoms with E-state index in [9.17, 15) is 14.4 Å². The van der Waals surface area contributed by atoms with Crippen LogP contribution in [0.1, 0.15) is 18.1 Å². The number of nitrogens with one attached hydrogen (secondary N) is 2. The molecule has 1 heterocycles. The van der Waals surface area contributed by atoms with Crippen LogP contribution >= 0.6 is 23.4 Å². The number of benzene rings is 1. The van der Waals surface area contributed by atoms with Crippen molar-refractivity contribution in [2.75, 3.05) is 17.6 Å². The predicted molar refractivity (Wildman–Crippen MR) is 107 cm³/mol. The fourth-order valence-electron chi connectivity index (χ4n) is 2.25. The van der Waals surface area contributed by atoms with Crippen LogP contribution in [0, 0.1) is 13.8 Å². The van der Waals surface area contributed by atoms with Gasteiger partial charge in [-0.1, -0.05) is 23.7 Å². The zero-order valence-corrected chi connectivity index (χ0v) is 16.9. The number of aromatic nitrogens is 2. The third-order valence-electron chi connectivity index (χ3n) is 3.65. The van der Waals surface area contributed by atoms with Gasteiger partial charge in [-0.2, -0.15) is 5.10 Å². The Morgan fingerprint density at radius 2 is 2.00 bits per heavy atom. The number of hydrogen-bond acceptors (Lipinski definition) is 5. The molecule has 2 rings (SSSR count). The number of anilines is 1. The van der Waals surface area contributed by atoms with E-state index in [1.807, 2.05) is 39.0 Å². The highest BCUT2D eigenvalue weighted by molar-refractivity contribution is 8.00. The minimum atomic E-state index is -0.575. The van der Waals surface area contributed by atoms with Gasteiger partial charge in [-0.15, -0.1) is 11.8 Å². The first kappa shape index (κ1) is 21.0. The van der Waals surface area contributed by atoms with Crippen LogP contribution in [-0.4, -0.2) is 33.9 Å².